The van der Waals surface area contributed by atoms with Crippen molar-refractivity contribution in [2.45, 2.75) is 13.5 Å². The number of nitro benzene ring substituents is 1. The lowest BCUT2D eigenvalue weighted by atomic mass is 10.1. The summed E-state index contributed by atoms with van der Waals surface area (Å²) in [4.78, 5) is 27.8. The van der Waals surface area contributed by atoms with Gasteiger partial charge in [-0.2, -0.15) is 0 Å². The Bertz CT molecular complexity index is 1100. The number of methoxy groups -OCH3 is 2. The van der Waals surface area contributed by atoms with Crippen molar-refractivity contribution >= 4 is 23.0 Å². The molecule has 3 rings (SSSR count). The first kappa shape index (κ1) is 22.0. The maximum Gasteiger partial charge on any atom is 0.345 e. The molecule has 0 unspecified atom stereocenters. The van der Waals surface area contributed by atoms with Crippen LogP contribution in [0.1, 0.15) is 23.0 Å². The summed E-state index contributed by atoms with van der Waals surface area (Å²) < 4.78 is 21.0. The summed E-state index contributed by atoms with van der Waals surface area (Å²) in [6.45, 7) is 1.89. The van der Waals surface area contributed by atoms with E-state index < -0.39 is 16.6 Å². The third-order valence-corrected chi connectivity index (χ3v) is 5.16. The fourth-order valence-electron chi connectivity index (χ4n) is 2.77. The minimum atomic E-state index is -0.857. The van der Waals surface area contributed by atoms with Gasteiger partial charge >= 0.3 is 5.97 Å². The quantitative estimate of drug-likeness (QED) is 0.270. The average Bonchev–Trinajstić information content (AvgIpc) is 3.26. The van der Waals surface area contributed by atoms with E-state index in [1.54, 1.807) is 19.4 Å². The van der Waals surface area contributed by atoms with Crippen LogP contribution >= 0.6 is 11.3 Å². The molecule has 0 aliphatic heterocycles. The summed E-state index contributed by atoms with van der Waals surface area (Å²) in [5.41, 5.74) is 0.740. The summed E-state index contributed by atoms with van der Waals surface area (Å²) in [7, 11) is 2.97. The maximum atomic E-state index is 12.6. The SMILES string of the molecule is CCOc1cc([N+](=O)[O-])c(C(=O)OCc2csc(-c3cccc(OC)c3)n2)cc1OC. The van der Waals surface area contributed by atoms with Crippen LogP contribution in [0.5, 0.6) is 17.2 Å². The van der Waals surface area contributed by atoms with Crippen molar-refractivity contribution in [2.75, 3.05) is 20.8 Å². The second-order valence-corrected chi connectivity index (χ2v) is 7.02. The Labute approximate surface area is 182 Å². The molecule has 3 aromatic rings. The lowest BCUT2D eigenvalue weighted by molar-refractivity contribution is -0.385. The number of esters is 1. The average molecular weight is 444 g/mol. The van der Waals surface area contributed by atoms with Gasteiger partial charge in [0.15, 0.2) is 11.5 Å². The molecule has 10 heteroatoms. The highest BCUT2D eigenvalue weighted by atomic mass is 32.1. The maximum absolute atomic E-state index is 12.6. The highest BCUT2D eigenvalue weighted by molar-refractivity contribution is 7.13. The number of aromatic nitrogens is 1. The molecule has 0 atom stereocenters. The van der Waals surface area contributed by atoms with Crippen molar-refractivity contribution in [2.24, 2.45) is 0 Å². The van der Waals surface area contributed by atoms with Crippen LogP contribution in [-0.4, -0.2) is 36.7 Å². The topological polar surface area (TPSA) is 110 Å². The standard InChI is InChI=1S/C21H20N2O7S/c1-4-29-19-10-17(23(25)26)16(9-18(19)28-3)21(24)30-11-14-12-31-20(22-14)13-6-5-7-15(8-13)27-2/h5-10,12H,4,11H2,1-3H3. The minimum absolute atomic E-state index is 0.133. The summed E-state index contributed by atoms with van der Waals surface area (Å²) >= 11 is 1.39. The molecule has 0 N–H and O–H groups in total. The third kappa shape index (κ3) is 5.10. The number of hydrogen-bond acceptors (Lipinski definition) is 9. The lowest BCUT2D eigenvalue weighted by Gasteiger charge is -2.11. The number of thiazole rings is 1. The number of nitro groups is 1. The molecule has 162 valence electrons. The van der Waals surface area contributed by atoms with E-state index in [2.05, 4.69) is 4.98 Å². The van der Waals surface area contributed by atoms with E-state index in [1.807, 2.05) is 24.3 Å². The molecular weight excluding hydrogens is 424 g/mol. The van der Waals surface area contributed by atoms with Crippen molar-refractivity contribution in [3.63, 3.8) is 0 Å². The second-order valence-electron chi connectivity index (χ2n) is 6.16. The zero-order valence-electron chi connectivity index (χ0n) is 17.1. The van der Waals surface area contributed by atoms with Crippen molar-refractivity contribution in [1.29, 1.82) is 0 Å². The summed E-state index contributed by atoms with van der Waals surface area (Å²) in [6.07, 6.45) is 0. The summed E-state index contributed by atoms with van der Waals surface area (Å²) in [6, 6.07) is 9.83. The van der Waals surface area contributed by atoms with Gasteiger partial charge in [-0.25, -0.2) is 9.78 Å². The molecule has 0 aliphatic rings. The van der Waals surface area contributed by atoms with Crippen molar-refractivity contribution in [1.82, 2.24) is 4.98 Å². The van der Waals surface area contributed by atoms with Gasteiger partial charge in [0, 0.05) is 17.0 Å². The molecular formula is C21H20N2O7S. The summed E-state index contributed by atoms with van der Waals surface area (Å²) in [5, 5.41) is 13.9. The van der Waals surface area contributed by atoms with E-state index in [4.69, 9.17) is 18.9 Å². The molecule has 0 bridgehead atoms. The third-order valence-electron chi connectivity index (χ3n) is 4.22. The number of ether oxygens (including phenoxy) is 4. The van der Waals surface area contributed by atoms with E-state index in [0.717, 1.165) is 16.6 Å². The number of carbonyl (C=O) groups excluding carboxylic acids is 1. The smallest absolute Gasteiger partial charge is 0.345 e. The van der Waals surface area contributed by atoms with E-state index >= 15 is 0 Å². The molecule has 0 saturated carbocycles. The number of carbonyl (C=O) groups is 1. The Hall–Kier alpha value is -3.66. The first-order valence-electron chi connectivity index (χ1n) is 9.22. The molecule has 0 radical (unpaired) electrons. The first-order valence-corrected chi connectivity index (χ1v) is 10.1. The predicted octanol–water partition coefficient (Wildman–Crippen LogP) is 4.49. The van der Waals surface area contributed by atoms with E-state index in [0.29, 0.717) is 11.4 Å². The Balaban J connectivity index is 1.78. The predicted molar refractivity (Wildman–Crippen MR) is 114 cm³/mol. The molecule has 0 aliphatic carbocycles. The normalized spacial score (nSPS) is 10.4. The Kier molecular flexibility index (Phi) is 7.03. The van der Waals surface area contributed by atoms with Crippen molar-refractivity contribution < 1.29 is 28.7 Å². The van der Waals surface area contributed by atoms with Gasteiger partial charge in [0.25, 0.3) is 5.69 Å². The minimum Gasteiger partial charge on any atom is -0.497 e. The molecule has 0 saturated heterocycles. The van der Waals surface area contributed by atoms with Gasteiger partial charge in [0.2, 0.25) is 0 Å². The van der Waals surface area contributed by atoms with Gasteiger partial charge in [0.05, 0.1) is 37.5 Å². The van der Waals surface area contributed by atoms with E-state index in [-0.39, 0.29) is 30.3 Å². The van der Waals surface area contributed by atoms with Crippen molar-refractivity contribution in [3.8, 4) is 27.8 Å². The van der Waals surface area contributed by atoms with Gasteiger partial charge in [0.1, 0.15) is 22.9 Å². The van der Waals surface area contributed by atoms with Crippen molar-refractivity contribution in [3.05, 3.63) is 63.1 Å². The largest absolute Gasteiger partial charge is 0.497 e. The highest BCUT2D eigenvalue weighted by Gasteiger charge is 2.26. The Morgan fingerprint density at radius 3 is 2.65 bits per heavy atom. The zero-order valence-corrected chi connectivity index (χ0v) is 17.9. The van der Waals surface area contributed by atoms with Crippen LogP contribution in [0.2, 0.25) is 0 Å². The van der Waals surface area contributed by atoms with E-state index in [1.165, 1.54) is 24.5 Å². The van der Waals surface area contributed by atoms with Gasteiger partial charge in [-0.1, -0.05) is 12.1 Å². The van der Waals surface area contributed by atoms with Gasteiger partial charge in [-0.05, 0) is 19.1 Å². The monoisotopic (exact) mass is 444 g/mol. The van der Waals surface area contributed by atoms with Gasteiger partial charge < -0.3 is 18.9 Å². The molecule has 31 heavy (non-hydrogen) atoms. The van der Waals surface area contributed by atoms with Crippen LogP contribution < -0.4 is 14.2 Å². The molecule has 0 spiro atoms. The van der Waals surface area contributed by atoms with Crippen LogP contribution in [0.4, 0.5) is 5.69 Å². The van der Waals surface area contributed by atoms with Crippen LogP contribution in [0, 0.1) is 10.1 Å². The number of rotatable bonds is 9. The van der Waals surface area contributed by atoms with Gasteiger partial charge in [-0.3, -0.25) is 10.1 Å². The van der Waals surface area contributed by atoms with Gasteiger partial charge in [-0.15, -0.1) is 11.3 Å². The van der Waals surface area contributed by atoms with E-state index in [9.17, 15) is 14.9 Å². The number of hydrogen-bond donors (Lipinski definition) is 0. The van der Waals surface area contributed by atoms with Crippen LogP contribution in [0.25, 0.3) is 10.6 Å². The fourth-order valence-corrected chi connectivity index (χ4v) is 3.57. The zero-order chi connectivity index (χ0) is 22.4. The summed E-state index contributed by atoms with van der Waals surface area (Å²) in [5.74, 6) is 0.227. The number of nitrogens with zero attached hydrogens (tertiary/aromatic N) is 2. The van der Waals surface area contributed by atoms with Crippen LogP contribution in [0.3, 0.4) is 0 Å². The first-order chi connectivity index (χ1) is 15.0. The molecule has 9 nitrogen and oxygen atoms in total. The Morgan fingerprint density at radius 2 is 1.97 bits per heavy atom. The molecule has 2 aromatic carbocycles. The molecule has 1 heterocycles. The van der Waals surface area contributed by atoms with Crippen LogP contribution in [-0.2, 0) is 11.3 Å². The highest BCUT2D eigenvalue weighted by Crippen LogP contribution is 2.35. The van der Waals surface area contributed by atoms with Crippen LogP contribution in [0.15, 0.2) is 41.8 Å². The molecule has 1 aromatic heterocycles. The Morgan fingerprint density at radius 1 is 1.16 bits per heavy atom. The fraction of sp³-hybridized carbons (Fsp3) is 0.238. The molecule has 0 fully saturated rings. The lowest BCUT2D eigenvalue weighted by Crippen LogP contribution is -2.10. The molecule has 0 amide bonds. The second kappa shape index (κ2) is 9.90. The number of benzene rings is 2.